The summed E-state index contributed by atoms with van der Waals surface area (Å²) in [7, 11) is 0. The number of likely N-dealkylation sites (tertiary alicyclic amines) is 1. The molecule has 2 saturated heterocycles. The molecule has 5 unspecified atom stereocenters. The Kier molecular flexibility index (Phi) is 11.6. The second-order valence-corrected chi connectivity index (χ2v) is 11.1. The fourth-order valence-corrected chi connectivity index (χ4v) is 5.44. The summed E-state index contributed by atoms with van der Waals surface area (Å²) >= 11 is 0. The molecular formula is C28H40FN3O10. The predicted octanol–water partition coefficient (Wildman–Crippen LogP) is 0.148. The number of aliphatic hydroxyl groups excluding tert-OH is 3. The number of β-amino-alcohol motifs (C(OH)–C–C–N with tert-alkyl or cyclic N) is 1. The van der Waals surface area contributed by atoms with E-state index in [0.717, 1.165) is 4.90 Å². The van der Waals surface area contributed by atoms with Crippen molar-refractivity contribution in [3.8, 4) is 5.75 Å². The summed E-state index contributed by atoms with van der Waals surface area (Å²) in [5.74, 6) is -3.87. The zero-order chi connectivity index (χ0) is 31.1. The number of hydrogen-bond donors (Lipinski definition) is 5. The van der Waals surface area contributed by atoms with E-state index in [0.29, 0.717) is 44.2 Å². The molecule has 0 radical (unpaired) electrons. The Balaban J connectivity index is 0.000000531. The van der Waals surface area contributed by atoms with Crippen molar-refractivity contribution < 1.29 is 53.8 Å². The molecule has 5 N–H and O–H groups in total. The molecule has 2 aliphatic heterocycles. The summed E-state index contributed by atoms with van der Waals surface area (Å²) in [6, 6.07) is 4.49. The fourth-order valence-electron chi connectivity index (χ4n) is 5.44. The molecule has 3 fully saturated rings. The maximum Gasteiger partial charge on any atom is 0.303 e. The second kappa shape index (κ2) is 14.7. The molecule has 13 nitrogen and oxygen atoms in total. The Morgan fingerprint density at radius 2 is 1.45 bits per heavy atom. The molecule has 1 aromatic rings. The van der Waals surface area contributed by atoms with E-state index in [1.54, 1.807) is 6.07 Å². The van der Waals surface area contributed by atoms with Crippen molar-refractivity contribution in [1.82, 2.24) is 9.80 Å². The molecule has 4 rings (SSSR count). The van der Waals surface area contributed by atoms with Crippen molar-refractivity contribution in [3.63, 3.8) is 0 Å². The predicted molar refractivity (Wildman–Crippen MR) is 146 cm³/mol. The first-order valence-electron chi connectivity index (χ1n) is 14.0. The lowest BCUT2D eigenvalue weighted by atomic mass is 9.78. The fraction of sp³-hybridized carbons (Fsp3) is 0.643. The molecule has 2 amide bonds. The molecule has 14 heteroatoms. The standard InChI is InChI=1S/C24H34FN3O6.C4H6O4/c1-14(2)34-22-4-3-15(25)9-19(22)27-7-5-26(6-8-27)12-16(29)13-28-23(32)17-10-20(30)21(31)11-18(17)24(28)33;5-3(6)1-2-4(7)8/h3-4,9,14,16-18,20-21,29-31H,5-8,10-13H2,1-2H3;1-2H2,(H,5,6)(H,7,8). The quantitative estimate of drug-likeness (QED) is 0.230. The highest BCUT2D eigenvalue weighted by molar-refractivity contribution is 6.05. The first-order chi connectivity index (χ1) is 19.8. The van der Waals surface area contributed by atoms with Gasteiger partial charge in [0.05, 0.1) is 61.3 Å². The van der Waals surface area contributed by atoms with Gasteiger partial charge in [-0.2, -0.15) is 0 Å². The highest BCUT2D eigenvalue weighted by Gasteiger charge is 2.52. The average Bonchev–Trinajstić information content (AvgIpc) is 3.13. The molecule has 0 bridgehead atoms. The van der Waals surface area contributed by atoms with E-state index < -0.39 is 42.1 Å². The number of aliphatic carboxylic acids is 2. The van der Waals surface area contributed by atoms with E-state index in [1.807, 2.05) is 13.8 Å². The Bertz CT molecular complexity index is 1090. The number of benzene rings is 1. The van der Waals surface area contributed by atoms with E-state index in [4.69, 9.17) is 14.9 Å². The summed E-state index contributed by atoms with van der Waals surface area (Å²) in [6.07, 6.45) is -3.44. The third-order valence-corrected chi connectivity index (χ3v) is 7.50. The van der Waals surface area contributed by atoms with Crippen LogP contribution >= 0.6 is 0 Å². The highest BCUT2D eigenvalue weighted by Crippen LogP contribution is 2.38. The summed E-state index contributed by atoms with van der Waals surface area (Å²) < 4.78 is 19.7. The number of piperazine rings is 1. The topological polar surface area (TPSA) is 188 Å². The number of carbonyl (C=O) groups is 4. The monoisotopic (exact) mass is 597 g/mol. The Labute approximate surface area is 243 Å². The first-order valence-corrected chi connectivity index (χ1v) is 14.0. The summed E-state index contributed by atoms with van der Waals surface area (Å²) in [4.78, 5) is 49.9. The summed E-state index contributed by atoms with van der Waals surface area (Å²) in [6.45, 7) is 6.51. The molecule has 42 heavy (non-hydrogen) atoms. The maximum absolute atomic E-state index is 13.9. The van der Waals surface area contributed by atoms with Gasteiger partial charge >= 0.3 is 11.9 Å². The zero-order valence-electron chi connectivity index (χ0n) is 23.8. The van der Waals surface area contributed by atoms with Gasteiger partial charge in [-0.25, -0.2) is 4.39 Å². The van der Waals surface area contributed by atoms with Crippen molar-refractivity contribution in [1.29, 1.82) is 0 Å². The van der Waals surface area contributed by atoms with Crippen molar-refractivity contribution in [3.05, 3.63) is 24.0 Å². The van der Waals surface area contributed by atoms with Gasteiger partial charge in [0.25, 0.3) is 0 Å². The number of aliphatic hydroxyl groups is 3. The van der Waals surface area contributed by atoms with Gasteiger partial charge in [-0.1, -0.05) is 0 Å². The van der Waals surface area contributed by atoms with Crippen LogP contribution in [-0.4, -0.2) is 123 Å². The van der Waals surface area contributed by atoms with Crippen LogP contribution in [0, 0.1) is 17.7 Å². The van der Waals surface area contributed by atoms with Crippen molar-refractivity contribution in [2.24, 2.45) is 11.8 Å². The molecule has 3 aliphatic rings. The lowest BCUT2D eigenvalue weighted by Crippen LogP contribution is -2.50. The lowest BCUT2D eigenvalue weighted by Gasteiger charge is -2.37. The number of rotatable bonds is 10. The molecule has 1 aliphatic carbocycles. The van der Waals surface area contributed by atoms with Gasteiger partial charge in [0.2, 0.25) is 11.8 Å². The number of fused-ring (bicyclic) bond motifs is 1. The minimum absolute atomic E-state index is 0.0352. The van der Waals surface area contributed by atoms with Gasteiger partial charge in [-0.3, -0.25) is 29.0 Å². The smallest absolute Gasteiger partial charge is 0.303 e. The van der Waals surface area contributed by atoms with Gasteiger partial charge in [0, 0.05) is 38.8 Å². The van der Waals surface area contributed by atoms with E-state index in [2.05, 4.69) is 9.80 Å². The molecular weight excluding hydrogens is 557 g/mol. The van der Waals surface area contributed by atoms with Crippen LogP contribution in [0.4, 0.5) is 10.1 Å². The number of carboxylic acid groups (broad SMARTS) is 2. The Morgan fingerprint density at radius 3 is 1.93 bits per heavy atom. The number of carbonyl (C=O) groups excluding carboxylic acids is 2. The van der Waals surface area contributed by atoms with Crippen molar-refractivity contribution in [2.75, 3.05) is 44.2 Å². The van der Waals surface area contributed by atoms with Gasteiger partial charge in [-0.05, 0) is 38.8 Å². The highest BCUT2D eigenvalue weighted by atomic mass is 19.1. The van der Waals surface area contributed by atoms with E-state index in [1.165, 1.54) is 12.1 Å². The first kappa shape index (κ1) is 33.2. The van der Waals surface area contributed by atoms with Gasteiger partial charge in [0.15, 0.2) is 0 Å². The summed E-state index contributed by atoms with van der Waals surface area (Å²) in [5.41, 5.74) is 0.703. The number of imide groups is 1. The normalized spacial score (nSPS) is 25.1. The second-order valence-electron chi connectivity index (χ2n) is 11.1. The third-order valence-electron chi connectivity index (χ3n) is 7.50. The van der Waals surface area contributed by atoms with E-state index >= 15 is 0 Å². The molecule has 5 atom stereocenters. The van der Waals surface area contributed by atoms with Crippen LogP contribution in [-0.2, 0) is 19.2 Å². The average molecular weight is 598 g/mol. The Morgan fingerprint density at radius 1 is 0.929 bits per heavy atom. The number of ether oxygens (including phenoxy) is 1. The van der Waals surface area contributed by atoms with Crippen LogP contribution in [0.3, 0.4) is 0 Å². The number of carboxylic acids is 2. The molecule has 2 heterocycles. The minimum atomic E-state index is -1.08. The van der Waals surface area contributed by atoms with Crippen LogP contribution < -0.4 is 9.64 Å². The minimum Gasteiger partial charge on any atom is -0.489 e. The maximum atomic E-state index is 13.9. The van der Waals surface area contributed by atoms with E-state index in [9.17, 15) is 38.9 Å². The number of hydrogen-bond acceptors (Lipinski definition) is 10. The van der Waals surface area contributed by atoms with Crippen LogP contribution in [0.15, 0.2) is 18.2 Å². The molecule has 234 valence electrons. The van der Waals surface area contributed by atoms with Gasteiger partial charge in [0.1, 0.15) is 11.6 Å². The molecule has 1 aromatic carbocycles. The van der Waals surface area contributed by atoms with Crippen molar-refractivity contribution >= 4 is 29.4 Å². The van der Waals surface area contributed by atoms with Crippen LogP contribution in [0.1, 0.15) is 39.5 Å². The molecule has 1 saturated carbocycles. The SMILES string of the molecule is CC(C)Oc1ccc(F)cc1N1CCN(CC(O)CN2C(=O)C3CC(O)C(O)CC3C2=O)CC1.O=C(O)CCC(=O)O. The van der Waals surface area contributed by atoms with Crippen LogP contribution in [0.2, 0.25) is 0 Å². The van der Waals surface area contributed by atoms with Gasteiger partial charge < -0.3 is 35.2 Å². The number of halogens is 1. The number of nitrogens with zero attached hydrogens (tertiary/aromatic N) is 3. The van der Waals surface area contributed by atoms with Gasteiger partial charge in [-0.15, -0.1) is 0 Å². The van der Waals surface area contributed by atoms with Crippen LogP contribution in [0.5, 0.6) is 5.75 Å². The third kappa shape index (κ3) is 8.84. The van der Waals surface area contributed by atoms with E-state index in [-0.39, 0.29) is 56.0 Å². The molecule has 0 aromatic heterocycles. The van der Waals surface area contributed by atoms with Crippen molar-refractivity contribution in [2.45, 2.75) is 63.9 Å². The molecule has 0 spiro atoms. The number of amides is 2. The lowest BCUT2D eigenvalue weighted by molar-refractivity contribution is -0.143. The Hall–Kier alpha value is -3.33. The zero-order valence-corrected chi connectivity index (χ0v) is 23.8. The summed E-state index contributed by atoms with van der Waals surface area (Å²) in [5, 5.41) is 46.2. The van der Waals surface area contributed by atoms with Crippen LogP contribution in [0.25, 0.3) is 0 Å². The number of anilines is 1. The largest absolute Gasteiger partial charge is 0.489 e.